The van der Waals surface area contributed by atoms with Gasteiger partial charge in [0, 0.05) is 42.7 Å². The minimum atomic E-state index is -0.288. The van der Waals surface area contributed by atoms with Crippen molar-refractivity contribution in [2.75, 3.05) is 61.5 Å². The second-order valence-corrected chi connectivity index (χ2v) is 10.8. The second-order valence-electron chi connectivity index (χ2n) is 10.4. The first-order chi connectivity index (χ1) is 19.8. The largest absolute Gasteiger partial charge is 0.494 e. The van der Waals surface area contributed by atoms with Gasteiger partial charge in [0.25, 0.3) is 0 Å². The summed E-state index contributed by atoms with van der Waals surface area (Å²) in [4.78, 5) is 31.8. The molecule has 2 N–H and O–H groups in total. The summed E-state index contributed by atoms with van der Waals surface area (Å²) in [5, 5.41) is 8.86. The molecule has 2 fully saturated rings. The number of likely N-dealkylation sites (N-methyl/N-ethyl adjacent to an activating group) is 1. The van der Waals surface area contributed by atoms with Crippen LogP contribution in [0.1, 0.15) is 30.0 Å². The topological polar surface area (TPSA) is 95.1 Å². The normalized spacial score (nSPS) is 18.6. The van der Waals surface area contributed by atoms with Gasteiger partial charge >= 0.3 is 0 Å². The maximum Gasteiger partial charge on any atom is 0.247 e. The quantitative estimate of drug-likeness (QED) is 0.327. The average molecular weight is 578 g/mol. The number of rotatable bonds is 9. The zero-order valence-electron chi connectivity index (χ0n) is 23.9. The van der Waals surface area contributed by atoms with Gasteiger partial charge in [-0.15, -0.1) is 0 Å². The maximum absolute atomic E-state index is 12.4. The summed E-state index contributed by atoms with van der Waals surface area (Å²) in [6, 6.07) is 12.0. The second kappa shape index (κ2) is 12.3. The molecule has 0 aliphatic carbocycles. The highest BCUT2D eigenvalue weighted by molar-refractivity contribution is 6.31. The van der Waals surface area contributed by atoms with E-state index in [0.29, 0.717) is 41.4 Å². The molecule has 11 heteroatoms. The third-order valence-electron chi connectivity index (χ3n) is 7.71. The van der Waals surface area contributed by atoms with E-state index in [-0.39, 0.29) is 11.9 Å². The van der Waals surface area contributed by atoms with Crippen LogP contribution in [0.2, 0.25) is 5.02 Å². The third-order valence-corrected chi connectivity index (χ3v) is 8.12. The summed E-state index contributed by atoms with van der Waals surface area (Å²) in [6.45, 7) is 7.91. The number of halogens is 1. The standard InChI is InChI=1S/C30H36ClN7O3/c1-6-30(39)35-23-14-24(27(40-5)15-26(23)37-12-10-20(17-37)36(3)4)34-28-16-29(33-18-32-28)38-25(11-13-41-38)21-8-7-9-22(31)19(21)2/h6-9,14-16,18,20,25H,1,10-13,17H2,2-5H3,(H,35,39)(H,32,33,34). The average Bonchev–Trinajstić information content (AvgIpc) is 3.66. The third kappa shape index (κ3) is 6.09. The van der Waals surface area contributed by atoms with Crippen molar-refractivity contribution < 1.29 is 14.4 Å². The molecule has 3 aromatic rings. The van der Waals surface area contributed by atoms with Crippen LogP contribution < -0.4 is 25.3 Å². The Balaban J connectivity index is 1.45. The summed E-state index contributed by atoms with van der Waals surface area (Å²) in [6.07, 6.45) is 4.59. The molecular weight excluding hydrogens is 542 g/mol. The highest BCUT2D eigenvalue weighted by Gasteiger charge is 2.31. The Morgan fingerprint density at radius 2 is 2.05 bits per heavy atom. The minimum absolute atomic E-state index is 0.0301. The van der Waals surface area contributed by atoms with Crippen LogP contribution in [-0.2, 0) is 9.63 Å². The van der Waals surface area contributed by atoms with Gasteiger partial charge in [-0.2, -0.15) is 0 Å². The molecule has 10 nitrogen and oxygen atoms in total. The van der Waals surface area contributed by atoms with Gasteiger partial charge in [-0.3, -0.25) is 9.63 Å². The van der Waals surface area contributed by atoms with E-state index in [1.165, 1.54) is 12.4 Å². The fraction of sp³-hybridized carbons (Fsp3) is 0.367. The lowest BCUT2D eigenvalue weighted by Crippen LogP contribution is -2.31. The molecular formula is C30H36ClN7O3. The van der Waals surface area contributed by atoms with Crippen LogP contribution in [0.4, 0.5) is 28.7 Å². The Labute approximate surface area is 245 Å². The molecule has 216 valence electrons. The summed E-state index contributed by atoms with van der Waals surface area (Å²) >= 11 is 6.41. The van der Waals surface area contributed by atoms with Crippen molar-refractivity contribution in [2.45, 2.75) is 31.8 Å². The van der Waals surface area contributed by atoms with Gasteiger partial charge in [-0.25, -0.2) is 15.0 Å². The van der Waals surface area contributed by atoms with Crippen molar-refractivity contribution in [1.29, 1.82) is 0 Å². The Bertz CT molecular complexity index is 1430. The zero-order chi connectivity index (χ0) is 29.1. The number of ether oxygens (including phenoxy) is 1. The van der Waals surface area contributed by atoms with Crippen molar-refractivity contribution in [1.82, 2.24) is 14.9 Å². The SMILES string of the molecule is C=CC(=O)Nc1cc(Nc2cc(N3OCCC3c3cccc(Cl)c3C)ncn2)c(OC)cc1N1CCC(N(C)C)C1. The van der Waals surface area contributed by atoms with Gasteiger partial charge in [-0.1, -0.05) is 30.3 Å². The van der Waals surface area contributed by atoms with Gasteiger partial charge in [0.2, 0.25) is 5.91 Å². The number of nitrogens with one attached hydrogen (secondary N) is 2. The Morgan fingerprint density at radius 3 is 2.78 bits per heavy atom. The van der Waals surface area contributed by atoms with E-state index in [9.17, 15) is 4.79 Å². The molecule has 5 rings (SSSR count). The van der Waals surface area contributed by atoms with E-state index in [2.05, 4.69) is 57.1 Å². The predicted molar refractivity (Wildman–Crippen MR) is 163 cm³/mol. The number of hydrogen-bond donors (Lipinski definition) is 2. The first-order valence-electron chi connectivity index (χ1n) is 13.6. The lowest BCUT2D eigenvalue weighted by Gasteiger charge is -2.26. The zero-order valence-corrected chi connectivity index (χ0v) is 24.6. The van der Waals surface area contributed by atoms with E-state index in [1.807, 2.05) is 42.3 Å². The number of aromatic nitrogens is 2. The molecule has 0 spiro atoms. The molecule has 2 unspecified atom stereocenters. The van der Waals surface area contributed by atoms with Gasteiger partial charge in [0.1, 0.15) is 17.9 Å². The molecule has 2 aliphatic rings. The van der Waals surface area contributed by atoms with Crippen LogP contribution in [0, 0.1) is 6.92 Å². The predicted octanol–water partition coefficient (Wildman–Crippen LogP) is 5.34. The van der Waals surface area contributed by atoms with Crippen LogP contribution in [0.15, 0.2) is 55.4 Å². The highest BCUT2D eigenvalue weighted by atomic mass is 35.5. The van der Waals surface area contributed by atoms with E-state index >= 15 is 0 Å². The summed E-state index contributed by atoms with van der Waals surface area (Å²) < 4.78 is 5.78. The van der Waals surface area contributed by atoms with E-state index in [0.717, 1.165) is 47.8 Å². The van der Waals surface area contributed by atoms with Crippen molar-refractivity contribution in [3.63, 3.8) is 0 Å². The van der Waals surface area contributed by atoms with Crippen molar-refractivity contribution in [3.05, 3.63) is 71.5 Å². The number of nitrogens with zero attached hydrogens (tertiary/aromatic N) is 5. The van der Waals surface area contributed by atoms with Crippen LogP contribution in [0.25, 0.3) is 0 Å². The number of benzene rings is 2. The molecule has 0 bridgehead atoms. The summed E-state index contributed by atoms with van der Waals surface area (Å²) in [5.74, 6) is 1.50. The summed E-state index contributed by atoms with van der Waals surface area (Å²) in [7, 11) is 5.80. The van der Waals surface area contributed by atoms with Gasteiger partial charge < -0.3 is 25.2 Å². The monoisotopic (exact) mass is 577 g/mol. The van der Waals surface area contributed by atoms with Crippen LogP contribution in [0.5, 0.6) is 5.75 Å². The first-order valence-corrected chi connectivity index (χ1v) is 14.0. The lowest BCUT2D eigenvalue weighted by atomic mass is 9.99. The number of carbonyl (C=O) groups excluding carboxylic acids is 1. The van der Waals surface area contributed by atoms with Crippen molar-refractivity contribution >= 4 is 46.2 Å². The molecule has 2 aliphatic heterocycles. The fourth-order valence-electron chi connectivity index (χ4n) is 5.40. The fourth-order valence-corrected chi connectivity index (χ4v) is 5.58. The van der Waals surface area contributed by atoms with Gasteiger partial charge in [0.15, 0.2) is 5.82 Å². The van der Waals surface area contributed by atoms with Gasteiger partial charge in [0.05, 0.1) is 36.8 Å². The highest BCUT2D eigenvalue weighted by Crippen LogP contribution is 2.41. The van der Waals surface area contributed by atoms with Crippen LogP contribution >= 0.6 is 11.6 Å². The minimum Gasteiger partial charge on any atom is -0.494 e. The van der Waals surface area contributed by atoms with Crippen LogP contribution in [-0.4, -0.2) is 67.7 Å². The Hall–Kier alpha value is -3.86. The number of hydroxylamine groups is 1. The number of methoxy groups -OCH3 is 1. The molecule has 2 saturated heterocycles. The molecule has 2 aromatic carbocycles. The van der Waals surface area contributed by atoms with E-state index in [4.69, 9.17) is 21.2 Å². The molecule has 1 amide bonds. The maximum atomic E-state index is 12.4. The smallest absolute Gasteiger partial charge is 0.247 e. The van der Waals surface area contributed by atoms with Crippen LogP contribution in [0.3, 0.4) is 0 Å². The number of carbonyl (C=O) groups is 1. The van der Waals surface area contributed by atoms with Gasteiger partial charge in [-0.05, 0) is 56.8 Å². The van der Waals surface area contributed by atoms with Crippen molar-refractivity contribution in [3.8, 4) is 5.75 Å². The lowest BCUT2D eigenvalue weighted by molar-refractivity contribution is -0.111. The first kappa shape index (κ1) is 28.7. The number of hydrogen-bond acceptors (Lipinski definition) is 9. The Morgan fingerprint density at radius 1 is 1.22 bits per heavy atom. The molecule has 1 aromatic heterocycles. The Kier molecular flexibility index (Phi) is 8.63. The molecule has 0 radical (unpaired) electrons. The summed E-state index contributed by atoms with van der Waals surface area (Å²) in [5.41, 5.74) is 4.32. The van der Waals surface area contributed by atoms with Crippen molar-refractivity contribution in [2.24, 2.45) is 0 Å². The number of anilines is 5. The van der Waals surface area contributed by atoms with E-state index < -0.39 is 0 Å². The van der Waals surface area contributed by atoms with E-state index in [1.54, 1.807) is 7.11 Å². The molecule has 41 heavy (non-hydrogen) atoms. The molecule has 0 saturated carbocycles. The molecule has 3 heterocycles. The molecule has 2 atom stereocenters. The number of amides is 1.